The molecule has 2 unspecified atom stereocenters. The second-order valence-electron chi connectivity index (χ2n) is 10.2. The van der Waals surface area contributed by atoms with Crippen LogP contribution in [-0.2, 0) is 32.6 Å². The first-order valence-electron chi connectivity index (χ1n) is 12.7. The molecule has 0 aliphatic carbocycles. The van der Waals surface area contributed by atoms with Crippen LogP contribution < -0.4 is 10.1 Å². The number of imide groups is 1. The summed E-state index contributed by atoms with van der Waals surface area (Å²) in [5.74, 6) is -1.17. The lowest BCUT2D eigenvalue weighted by Crippen LogP contribution is -2.53. The molecule has 3 amide bonds. The zero-order valence-electron chi connectivity index (χ0n) is 21.1. The summed E-state index contributed by atoms with van der Waals surface area (Å²) >= 11 is 0. The van der Waals surface area contributed by atoms with Crippen molar-refractivity contribution < 1.29 is 32.6 Å². The molecule has 0 saturated carbocycles. The average molecular weight is 542 g/mol. The van der Waals surface area contributed by atoms with E-state index in [1.165, 1.54) is 6.26 Å². The van der Waals surface area contributed by atoms with Gasteiger partial charge in [-0.25, -0.2) is 8.42 Å². The minimum atomic E-state index is -2.99. The largest absolute Gasteiger partial charge is 0.488 e. The molecule has 3 aliphatic heterocycles. The summed E-state index contributed by atoms with van der Waals surface area (Å²) in [6, 6.07) is 12.0. The van der Waals surface area contributed by atoms with Crippen LogP contribution in [0.1, 0.15) is 59.0 Å². The van der Waals surface area contributed by atoms with Gasteiger partial charge in [0.1, 0.15) is 28.2 Å². The fourth-order valence-corrected chi connectivity index (χ4v) is 6.48. The average Bonchev–Trinajstić information content (AvgIpc) is 3.14. The Labute approximate surface area is 221 Å². The van der Waals surface area contributed by atoms with E-state index < -0.39 is 39.8 Å². The molecule has 2 atom stereocenters. The van der Waals surface area contributed by atoms with Crippen LogP contribution in [0.25, 0.3) is 0 Å². The van der Waals surface area contributed by atoms with Crippen LogP contribution >= 0.6 is 0 Å². The van der Waals surface area contributed by atoms with Crippen LogP contribution in [0.4, 0.5) is 0 Å². The second kappa shape index (κ2) is 10.5. The fourth-order valence-electron chi connectivity index (χ4n) is 5.42. The number of piperidine rings is 2. The van der Waals surface area contributed by atoms with Gasteiger partial charge in [0.2, 0.25) is 11.8 Å². The molecule has 3 aliphatic rings. The first kappa shape index (κ1) is 26.3. The van der Waals surface area contributed by atoms with Crippen LogP contribution in [0.3, 0.4) is 0 Å². The molecule has 202 valence electrons. The van der Waals surface area contributed by atoms with Crippen LogP contribution in [0, 0.1) is 0 Å². The number of aliphatic hydroxyl groups excluding tert-OH is 1. The van der Waals surface area contributed by atoms with Crippen LogP contribution in [0.15, 0.2) is 42.5 Å². The summed E-state index contributed by atoms with van der Waals surface area (Å²) in [5.41, 5.74) is 2.60. The fraction of sp³-hybridized carbons (Fsp3) is 0.444. The number of sulfone groups is 1. The molecule has 11 heteroatoms. The third-order valence-corrected chi connectivity index (χ3v) is 9.24. The van der Waals surface area contributed by atoms with Crippen molar-refractivity contribution in [2.45, 2.75) is 56.4 Å². The van der Waals surface area contributed by atoms with E-state index in [2.05, 4.69) is 10.2 Å². The number of likely N-dealkylation sites (tertiary alicyclic amines) is 1. The number of nitrogens with zero attached hydrogens (tertiary/aromatic N) is 2. The molecule has 0 spiro atoms. The highest BCUT2D eigenvalue weighted by molar-refractivity contribution is 7.91. The molecule has 2 N–H and O–H groups in total. The van der Waals surface area contributed by atoms with Crippen molar-refractivity contribution in [3.63, 3.8) is 0 Å². The van der Waals surface area contributed by atoms with E-state index in [9.17, 15) is 27.9 Å². The summed E-state index contributed by atoms with van der Waals surface area (Å²) in [5, 5.41) is 12.8. The van der Waals surface area contributed by atoms with Gasteiger partial charge in [-0.3, -0.25) is 29.5 Å². The van der Waals surface area contributed by atoms with Crippen molar-refractivity contribution in [3.8, 4) is 5.75 Å². The van der Waals surface area contributed by atoms with Gasteiger partial charge in [-0.15, -0.1) is 0 Å². The molecule has 10 nitrogen and oxygen atoms in total. The maximum absolute atomic E-state index is 13.3. The first-order valence-corrected chi connectivity index (χ1v) is 14.7. The number of ether oxygens (including phenoxy) is 1. The standard InChI is InChI=1S/C27H31N3O7S/c1-38(35,36)19-11-13-29(14-12-19)15-17-5-7-18(8-6-17)16-37-22-4-2-3-20-24(22)27(34)30(26(20)33)21-9-10-23(31)28-25(21)32/h2-8,19,21,26,33H,9-16H2,1H3,(H,28,31,32). The predicted octanol–water partition coefficient (Wildman–Crippen LogP) is 1.53. The van der Waals surface area contributed by atoms with Gasteiger partial charge in [-0.2, -0.15) is 0 Å². The van der Waals surface area contributed by atoms with Crippen molar-refractivity contribution in [2.24, 2.45) is 0 Å². The normalized spacial score (nSPS) is 22.9. The van der Waals surface area contributed by atoms with Crippen molar-refractivity contribution in [3.05, 3.63) is 64.7 Å². The molecule has 0 bridgehead atoms. The Hall–Kier alpha value is -3.28. The van der Waals surface area contributed by atoms with Crippen molar-refractivity contribution in [1.29, 1.82) is 0 Å². The van der Waals surface area contributed by atoms with E-state index >= 15 is 0 Å². The lowest BCUT2D eigenvalue weighted by atomic mass is 10.0. The molecule has 2 aromatic rings. The van der Waals surface area contributed by atoms with Gasteiger partial charge in [-0.1, -0.05) is 36.4 Å². The number of amides is 3. The topological polar surface area (TPSA) is 133 Å². The Morgan fingerprint density at radius 3 is 2.34 bits per heavy atom. The van der Waals surface area contributed by atoms with Gasteiger partial charge in [0, 0.05) is 24.8 Å². The summed E-state index contributed by atoms with van der Waals surface area (Å²) in [6.07, 6.45) is 1.57. The van der Waals surface area contributed by atoms with E-state index in [4.69, 9.17) is 4.74 Å². The van der Waals surface area contributed by atoms with E-state index in [-0.39, 0.29) is 30.3 Å². The van der Waals surface area contributed by atoms with Crippen molar-refractivity contribution in [2.75, 3.05) is 19.3 Å². The highest BCUT2D eigenvalue weighted by atomic mass is 32.2. The predicted molar refractivity (Wildman–Crippen MR) is 138 cm³/mol. The Morgan fingerprint density at radius 2 is 1.68 bits per heavy atom. The van der Waals surface area contributed by atoms with E-state index in [0.717, 1.165) is 35.7 Å². The highest BCUT2D eigenvalue weighted by Gasteiger charge is 2.45. The number of hydrogen-bond donors (Lipinski definition) is 2. The summed E-state index contributed by atoms with van der Waals surface area (Å²) in [4.78, 5) is 40.5. The third-order valence-electron chi connectivity index (χ3n) is 7.56. The minimum absolute atomic E-state index is 0.0987. The maximum Gasteiger partial charge on any atom is 0.261 e. The van der Waals surface area contributed by atoms with E-state index in [1.807, 2.05) is 24.3 Å². The van der Waals surface area contributed by atoms with Gasteiger partial charge in [0.05, 0.1) is 10.8 Å². The smallest absolute Gasteiger partial charge is 0.261 e. The molecule has 2 fully saturated rings. The van der Waals surface area contributed by atoms with E-state index in [1.54, 1.807) is 18.2 Å². The number of fused-ring (bicyclic) bond motifs is 1. The molecular weight excluding hydrogens is 510 g/mol. The van der Waals surface area contributed by atoms with Gasteiger partial charge in [-0.05, 0) is 49.5 Å². The summed E-state index contributed by atoms with van der Waals surface area (Å²) in [6.45, 7) is 2.44. The molecule has 3 heterocycles. The SMILES string of the molecule is CS(=O)(=O)C1CCN(Cc2ccc(COc3cccc4c3C(=O)N(C3CCC(=O)NC3=O)C4O)cc2)CC1. The molecule has 2 saturated heterocycles. The Morgan fingerprint density at radius 1 is 1.00 bits per heavy atom. The van der Waals surface area contributed by atoms with Crippen molar-refractivity contribution >= 4 is 27.6 Å². The number of nitrogens with one attached hydrogen (secondary N) is 1. The second-order valence-corrected chi connectivity index (χ2v) is 12.5. The van der Waals surface area contributed by atoms with E-state index in [0.29, 0.717) is 24.2 Å². The van der Waals surface area contributed by atoms with Gasteiger partial charge in [0.15, 0.2) is 6.23 Å². The third kappa shape index (κ3) is 5.31. The van der Waals surface area contributed by atoms with Gasteiger partial charge >= 0.3 is 0 Å². The number of carbonyl (C=O) groups is 3. The molecular formula is C27H31N3O7S. The number of hydrogen-bond acceptors (Lipinski definition) is 8. The highest BCUT2D eigenvalue weighted by Crippen LogP contribution is 2.39. The van der Waals surface area contributed by atoms with Gasteiger partial charge < -0.3 is 9.84 Å². The number of rotatable bonds is 7. The Balaban J connectivity index is 1.21. The maximum atomic E-state index is 13.3. The Bertz CT molecular complexity index is 1350. The lowest BCUT2D eigenvalue weighted by molar-refractivity contribution is -0.139. The molecule has 38 heavy (non-hydrogen) atoms. The lowest BCUT2D eigenvalue weighted by Gasteiger charge is -2.31. The van der Waals surface area contributed by atoms with Gasteiger partial charge in [0.25, 0.3) is 5.91 Å². The number of benzene rings is 2. The van der Waals surface area contributed by atoms with Crippen LogP contribution in [-0.4, -0.2) is 71.7 Å². The zero-order chi connectivity index (χ0) is 27.0. The number of carbonyl (C=O) groups excluding carboxylic acids is 3. The molecule has 0 aromatic heterocycles. The summed E-state index contributed by atoms with van der Waals surface area (Å²) < 4.78 is 29.5. The first-order chi connectivity index (χ1) is 18.1. The Kier molecular flexibility index (Phi) is 7.26. The monoisotopic (exact) mass is 541 g/mol. The molecule has 5 rings (SSSR count). The minimum Gasteiger partial charge on any atom is -0.488 e. The van der Waals surface area contributed by atoms with Crippen LogP contribution in [0.5, 0.6) is 5.75 Å². The summed E-state index contributed by atoms with van der Waals surface area (Å²) in [7, 11) is -2.99. The quantitative estimate of drug-likeness (QED) is 0.504. The van der Waals surface area contributed by atoms with Crippen LogP contribution in [0.2, 0.25) is 0 Å². The molecule has 2 aromatic carbocycles. The zero-order valence-corrected chi connectivity index (χ0v) is 21.9. The number of aliphatic hydroxyl groups is 1. The molecule has 0 radical (unpaired) electrons. The van der Waals surface area contributed by atoms with Crippen molar-refractivity contribution in [1.82, 2.24) is 15.1 Å².